The molecule has 9 heteroatoms. The average Bonchev–Trinajstić information content (AvgIpc) is 3.24. The van der Waals surface area contributed by atoms with Crippen molar-refractivity contribution in [3.05, 3.63) is 53.7 Å². The Balaban J connectivity index is 1.76. The van der Waals surface area contributed by atoms with Gasteiger partial charge in [0.2, 0.25) is 0 Å². The van der Waals surface area contributed by atoms with Crippen LogP contribution < -0.4 is 21.1 Å². The molecule has 0 saturated carbocycles. The second kappa shape index (κ2) is 8.57. The highest BCUT2D eigenvalue weighted by atomic mass is 19.1. The number of H-pyrrole nitrogens is 1. The number of pyridine rings is 1. The minimum Gasteiger partial charge on any atom is -0.494 e. The Kier molecular flexibility index (Phi) is 5.57. The maximum absolute atomic E-state index is 14.1. The van der Waals surface area contributed by atoms with E-state index in [-0.39, 0.29) is 17.7 Å². The maximum atomic E-state index is 14.1. The lowest BCUT2D eigenvalue weighted by molar-refractivity contribution is 0.416. The Morgan fingerprint density at radius 1 is 1.15 bits per heavy atom. The monoisotopic (exact) mass is 464 g/mol. The van der Waals surface area contributed by atoms with Gasteiger partial charge >= 0.3 is 0 Å². The number of hydrogen-bond donors (Lipinski definition) is 3. The van der Waals surface area contributed by atoms with Crippen molar-refractivity contribution in [1.82, 2.24) is 15.0 Å². The number of nitrogen functional groups attached to an aromatic ring is 1. The van der Waals surface area contributed by atoms with E-state index in [1.54, 1.807) is 25.3 Å². The first kappa shape index (κ1) is 22.1. The molecule has 0 unspecified atom stereocenters. The number of aryl methyl sites for hydroxylation is 1. The molecule has 1 aliphatic rings. The van der Waals surface area contributed by atoms with E-state index in [4.69, 9.17) is 16.2 Å². The molecule has 1 aliphatic heterocycles. The van der Waals surface area contributed by atoms with Crippen LogP contribution in [0, 0.1) is 18.6 Å². The first-order valence-corrected chi connectivity index (χ1v) is 11.1. The van der Waals surface area contributed by atoms with Gasteiger partial charge in [0.15, 0.2) is 0 Å². The number of imidazole rings is 1. The minimum atomic E-state index is -0.450. The number of nitrogens with zero attached hydrogens (tertiary/aromatic N) is 3. The van der Waals surface area contributed by atoms with Crippen molar-refractivity contribution >= 4 is 22.5 Å². The molecule has 1 fully saturated rings. The van der Waals surface area contributed by atoms with E-state index in [0.717, 1.165) is 42.7 Å². The topological polar surface area (TPSA) is 106 Å². The predicted molar refractivity (Wildman–Crippen MR) is 130 cm³/mol. The summed E-state index contributed by atoms with van der Waals surface area (Å²) >= 11 is 0. The maximum Gasteiger partial charge on any atom is 0.147 e. The molecule has 0 atom stereocenters. The third-order valence-electron chi connectivity index (χ3n) is 6.38. The zero-order chi connectivity index (χ0) is 24.0. The SMILES string of the molecule is COc1cc(F)cc2nc(-c3c(N)ncc(-c4ccc(F)c(C)c4)c3N3CCC(N)CC3)[nH]c12. The van der Waals surface area contributed by atoms with E-state index >= 15 is 0 Å². The molecule has 7 nitrogen and oxygen atoms in total. The summed E-state index contributed by atoms with van der Waals surface area (Å²) in [6, 6.07) is 7.75. The van der Waals surface area contributed by atoms with Crippen molar-refractivity contribution in [2.24, 2.45) is 5.73 Å². The molecule has 0 amide bonds. The Morgan fingerprint density at radius 3 is 2.62 bits per heavy atom. The van der Waals surface area contributed by atoms with Gasteiger partial charge in [0.05, 0.1) is 23.9 Å². The zero-order valence-electron chi connectivity index (χ0n) is 19.0. The van der Waals surface area contributed by atoms with Crippen molar-refractivity contribution in [3.63, 3.8) is 0 Å². The molecule has 0 radical (unpaired) electrons. The highest BCUT2D eigenvalue weighted by molar-refractivity contribution is 5.96. The van der Waals surface area contributed by atoms with Gasteiger partial charge in [0.1, 0.15) is 34.5 Å². The van der Waals surface area contributed by atoms with Crippen LogP contribution in [0.4, 0.5) is 20.3 Å². The summed E-state index contributed by atoms with van der Waals surface area (Å²) in [5.74, 6) is 0.357. The van der Waals surface area contributed by atoms with Crippen molar-refractivity contribution in [1.29, 1.82) is 0 Å². The van der Waals surface area contributed by atoms with Crippen LogP contribution in [0.5, 0.6) is 5.75 Å². The van der Waals surface area contributed by atoms with Crippen LogP contribution in [-0.4, -0.2) is 41.2 Å². The molecule has 3 heterocycles. The van der Waals surface area contributed by atoms with Gasteiger partial charge in [-0.15, -0.1) is 0 Å². The molecule has 0 aliphatic carbocycles. The number of rotatable bonds is 4. The van der Waals surface area contributed by atoms with Gasteiger partial charge < -0.3 is 26.1 Å². The van der Waals surface area contributed by atoms with Crippen LogP contribution in [0.25, 0.3) is 33.5 Å². The Labute approximate surface area is 195 Å². The summed E-state index contributed by atoms with van der Waals surface area (Å²) in [7, 11) is 1.48. The molecular formula is C25H26F2N6O. The van der Waals surface area contributed by atoms with Crippen LogP contribution in [0.3, 0.4) is 0 Å². The van der Waals surface area contributed by atoms with Gasteiger partial charge in [-0.05, 0) is 43.0 Å². The van der Waals surface area contributed by atoms with E-state index in [1.807, 2.05) is 0 Å². The number of hydrogen-bond acceptors (Lipinski definition) is 6. The van der Waals surface area contributed by atoms with Gasteiger partial charge in [-0.3, -0.25) is 0 Å². The quantitative estimate of drug-likeness (QED) is 0.413. The standard InChI is InChI=1S/C25H26F2N6O/c1-13-9-14(3-4-18(13)27)17-12-30-24(29)21(23(17)33-7-5-16(28)6-8-33)25-31-19-10-15(26)11-20(34-2)22(19)32-25/h3-4,9-12,16H,5-8,28H2,1-2H3,(H2,29,30)(H,31,32). The summed E-state index contributed by atoms with van der Waals surface area (Å²) in [4.78, 5) is 14.6. The van der Waals surface area contributed by atoms with Crippen LogP contribution >= 0.6 is 0 Å². The van der Waals surface area contributed by atoms with Crippen molar-refractivity contribution in [2.45, 2.75) is 25.8 Å². The van der Waals surface area contributed by atoms with Crippen LogP contribution in [0.2, 0.25) is 0 Å². The normalized spacial score (nSPS) is 14.7. The van der Waals surface area contributed by atoms with E-state index in [2.05, 4.69) is 19.9 Å². The smallest absolute Gasteiger partial charge is 0.147 e. The second-order valence-electron chi connectivity index (χ2n) is 8.66. The molecule has 34 heavy (non-hydrogen) atoms. The van der Waals surface area contributed by atoms with Gasteiger partial charge in [-0.2, -0.15) is 0 Å². The van der Waals surface area contributed by atoms with Gasteiger partial charge in [-0.1, -0.05) is 6.07 Å². The van der Waals surface area contributed by atoms with Crippen molar-refractivity contribution < 1.29 is 13.5 Å². The molecule has 1 saturated heterocycles. The fraction of sp³-hybridized carbons (Fsp3) is 0.280. The Morgan fingerprint density at radius 2 is 1.91 bits per heavy atom. The number of halogens is 2. The molecule has 5 rings (SSSR count). The largest absolute Gasteiger partial charge is 0.494 e. The van der Waals surface area contributed by atoms with Crippen molar-refractivity contribution in [2.75, 3.05) is 30.8 Å². The van der Waals surface area contributed by atoms with Crippen molar-refractivity contribution in [3.8, 4) is 28.3 Å². The first-order chi connectivity index (χ1) is 16.4. The van der Waals surface area contributed by atoms with Crippen LogP contribution in [-0.2, 0) is 0 Å². The van der Waals surface area contributed by atoms with Gasteiger partial charge in [0, 0.05) is 43.0 Å². The highest BCUT2D eigenvalue weighted by Gasteiger charge is 2.27. The van der Waals surface area contributed by atoms with Gasteiger partial charge in [-0.25, -0.2) is 18.7 Å². The molecule has 0 bridgehead atoms. The summed E-state index contributed by atoms with van der Waals surface area (Å²) in [6.07, 6.45) is 3.35. The highest BCUT2D eigenvalue weighted by Crippen LogP contribution is 2.43. The molecule has 4 aromatic rings. The number of piperidine rings is 1. The molecule has 176 valence electrons. The number of fused-ring (bicyclic) bond motifs is 1. The lowest BCUT2D eigenvalue weighted by Gasteiger charge is -2.34. The number of aromatic nitrogens is 3. The summed E-state index contributed by atoms with van der Waals surface area (Å²) in [6.45, 7) is 3.18. The predicted octanol–water partition coefficient (Wildman–Crippen LogP) is 4.40. The fourth-order valence-corrected chi connectivity index (χ4v) is 4.55. The number of methoxy groups -OCH3 is 1. The number of anilines is 2. The molecule has 0 spiro atoms. The minimum absolute atomic E-state index is 0.133. The van der Waals surface area contributed by atoms with Crippen LogP contribution in [0.1, 0.15) is 18.4 Å². The first-order valence-electron chi connectivity index (χ1n) is 11.1. The Hall–Kier alpha value is -3.72. The molecule has 2 aromatic carbocycles. The molecular weight excluding hydrogens is 438 g/mol. The number of ether oxygens (including phenoxy) is 1. The lowest BCUT2D eigenvalue weighted by atomic mass is 9.97. The van der Waals surface area contributed by atoms with E-state index in [0.29, 0.717) is 33.7 Å². The van der Waals surface area contributed by atoms with Gasteiger partial charge in [0.25, 0.3) is 0 Å². The Bertz CT molecular complexity index is 1380. The number of nitrogens with one attached hydrogen (secondary N) is 1. The average molecular weight is 465 g/mol. The molecule has 5 N–H and O–H groups in total. The summed E-state index contributed by atoms with van der Waals surface area (Å²) < 4.78 is 33.5. The van der Waals surface area contributed by atoms with E-state index in [9.17, 15) is 8.78 Å². The van der Waals surface area contributed by atoms with E-state index < -0.39 is 5.82 Å². The third kappa shape index (κ3) is 3.81. The number of benzene rings is 2. The summed E-state index contributed by atoms with van der Waals surface area (Å²) in [5.41, 5.74) is 17.2. The second-order valence-corrected chi connectivity index (χ2v) is 8.66. The third-order valence-corrected chi connectivity index (χ3v) is 6.38. The lowest BCUT2D eigenvalue weighted by Crippen LogP contribution is -2.40. The number of aromatic amines is 1. The zero-order valence-corrected chi connectivity index (χ0v) is 19.0. The fourth-order valence-electron chi connectivity index (χ4n) is 4.55. The number of nitrogens with two attached hydrogens (primary N) is 2. The van der Waals surface area contributed by atoms with Crippen LogP contribution in [0.15, 0.2) is 36.5 Å². The molecule has 2 aromatic heterocycles. The summed E-state index contributed by atoms with van der Waals surface area (Å²) in [5, 5.41) is 0. The van der Waals surface area contributed by atoms with E-state index in [1.165, 1.54) is 25.3 Å².